The van der Waals surface area contributed by atoms with Crippen LogP contribution in [0, 0.1) is 0 Å². The van der Waals surface area contributed by atoms with Crippen LogP contribution in [0.15, 0.2) is 18.2 Å². The van der Waals surface area contributed by atoms with Crippen LogP contribution in [0.3, 0.4) is 0 Å². The molecule has 0 aliphatic heterocycles. The van der Waals surface area contributed by atoms with Crippen molar-refractivity contribution in [1.82, 2.24) is 5.32 Å². The molecule has 1 aromatic rings. The van der Waals surface area contributed by atoms with Crippen LogP contribution in [-0.4, -0.2) is 33.0 Å². The average molecular weight is 295 g/mol. The molecule has 120 valence electrons. The monoisotopic (exact) mass is 295 g/mol. The number of rotatable bonds is 11. The van der Waals surface area contributed by atoms with Crippen molar-refractivity contribution in [2.75, 3.05) is 26.9 Å². The fourth-order valence-corrected chi connectivity index (χ4v) is 2.07. The predicted octanol–water partition coefficient (Wildman–Crippen LogP) is 3.39. The van der Waals surface area contributed by atoms with Gasteiger partial charge in [-0.25, -0.2) is 0 Å². The molecular formula is C17H29NO3. The number of hydrogen-bond acceptors (Lipinski definition) is 4. The molecule has 0 bridgehead atoms. The number of nitrogens with one attached hydrogen (secondary N) is 1. The third-order valence-electron chi connectivity index (χ3n) is 3.32. The number of benzene rings is 1. The summed E-state index contributed by atoms with van der Waals surface area (Å²) in [7, 11) is 1.71. The van der Waals surface area contributed by atoms with Crippen molar-refractivity contribution in [1.29, 1.82) is 0 Å². The van der Waals surface area contributed by atoms with Gasteiger partial charge >= 0.3 is 0 Å². The molecule has 1 N–H and O–H groups in total. The van der Waals surface area contributed by atoms with Gasteiger partial charge in [0.1, 0.15) is 0 Å². The van der Waals surface area contributed by atoms with Crippen molar-refractivity contribution in [3.8, 4) is 11.5 Å². The Labute approximate surface area is 128 Å². The number of hydrogen-bond donors (Lipinski definition) is 1. The summed E-state index contributed by atoms with van der Waals surface area (Å²) >= 11 is 0. The van der Waals surface area contributed by atoms with Gasteiger partial charge in [-0.2, -0.15) is 0 Å². The molecule has 0 saturated heterocycles. The van der Waals surface area contributed by atoms with E-state index in [0.717, 1.165) is 37.4 Å². The normalized spacial score (nSPS) is 10.9. The molecule has 0 saturated carbocycles. The Kier molecular flexibility index (Phi) is 8.87. The summed E-state index contributed by atoms with van der Waals surface area (Å²) < 4.78 is 16.8. The molecule has 0 fully saturated rings. The van der Waals surface area contributed by atoms with E-state index in [1.165, 1.54) is 5.56 Å². The third kappa shape index (κ3) is 6.36. The second-order valence-corrected chi connectivity index (χ2v) is 4.94. The lowest BCUT2D eigenvalue weighted by atomic mass is 10.2. The van der Waals surface area contributed by atoms with Crippen LogP contribution >= 0.6 is 0 Å². The van der Waals surface area contributed by atoms with Gasteiger partial charge < -0.3 is 19.5 Å². The van der Waals surface area contributed by atoms with E-state index in [4.69, 9.17) is 14.2 Å². The molecular weight excluding hydrogens is 266 g/mol. The molecule has 0 radical (unpaired) electrons. The van der Waals surface area contributed by atoms with E-state index in [9.17, 15) is 0 Å². The summed E-state index contributed by atoms with van der Waals surface area (Å²) in [5, 5.41) is 3.33. The topological polar surface area (TPSA) is 39.7 Å². The second kappa shape index (κ2) is 10.5. The Morgan fingerprint density at radius 1 is 1.10 bits per heavy atom. The quantitative estimate of drug-likeness (QED) is 0.635. The summed E-state index contributed by atoms with van der Waals surface area (Å²) in [6, 6.07) is 6.15. The molecule has 0 spiro atoms. The summed E-state index contributed by atoms with van der Waals surface area (Å²) in [4.78, 5) is 0. The first-order chi connectivity index (χ1) is 10.2. The van der Waals surface area contributed by atoms with Crippen molar-refractivity contribution in [3.05, 3.63) is 23.8 Å². The van der Waals surface area contributed by atoms with Crippen LogP contribution in [0.1, 0.15) is 39.2 Å². The van der Waals surface area contributed by atoms with E-state index in [2.05, 4.69) is 31.3 Å². The fourth-order valence-electron chi connectivity index (χ4n) is 2.07. The van der Waals surface area contributed by atoms with E-state index in [1.807, 2.05) is 13.0 Å². The molecule has 1 aromatic carbocycles. The first kappa shape index (κ1) is 17.8. The van der Waals surface area contributed by atoms with Gasteiger partial charge in [0.25, 0.3) is 0 Å². The first-order valence-corrected chi connectivity index (χ1v) is 7.87. The van der Waals surface area contributed by atoms with E-state index in [0.29, 0.717) is 13.2 Å². The first-order valence-electron chi connectivity index (χ1n) is 7.87. The van der Waals surface area contributed by atoms with Gasteiger partial charge in [-0.15, -0.1) is 0 Å². The molecule has 0 aromatic heterocycles. The molecule has 0 unspecified atom stereocenters. The van der Waals surface area contributed by atoms with Gasteiger partial charge in [-0.3, -0.25) is 0 Å². The van der Waals surface area contributed by atoms with E-state index in [-0.39, 0.29) is 6.10 Å². The minimum absolute atomic E-state index is 0.245. The van der Waals surface area contributed by atoms with Crippen molar-refractivity contribution in [2.45, 2.75) is 46.3 Å². The molecule has 4 heteroatoms. The van der Waals surface area contributed by atoms with Crippen LogP contribution in [0.2, 0.25) is 0 Å². The lowest BCUT2D eigenvalue weighted by Crippen LogP contribution is -2.18. The van der Waals surface area contributed by atoms with Crippen molar-refractivity contribution < 1.29 is 14.2 Å². The number of ether oxygens (including phenoxy) is 3. The summed E-state index contributed by atoms with van der Waals surface area (Å²) in [5.41, 5.74) is 1.19. The highest BCUT2D eigenvalue weighted by atomic mass is 16.5. The van der Waals surface area contributed by atoms with Crippen LogP contribution in [0.25, 0.3) is 0 Å². The predicted molar refractivity (Wildman–Crippen MR) is 86.2 cm³/mol. The lowest BCUT2D eigenvalue weighted by Gasteiger charge is -2.19. The highest BCUT2D eigenvalue weighted by Gasteiger charge is 2.11. The molecule has 4 nitrogen and oxygen atoms in total. The zero-order valence-electron chi connectivity index (χ0n) is 13.8. The van der Waals surface area contributed by atoms with Crippen LogP contribution < -0.4 is 14.8 Å². The fraction of sp³-hybridized carbons (Fsp3) is 0.647. The molecule has 0 aliphatic carbocycles. The average Bonchev–Trinajstić information content (AvgIpc) is 2.51. The highest BCUT2D eigenvalue weighted by molar-refractivity contribution is 5.43. The molecule has 21 heavy (non-hydrogen) atoms. The minimum Gasteiger partial charge on any atom is -0.490 e. The maximum absolute atomic E-state index is 6.03. The Morgan fingerprint density at radius 2 is 1.86 bits per heavy atom. The van der Waals surface area contributed by atoms with Crippen LogP contribution in [0.4, 0.5) is 0 Å². The van der Waals surface area contributed by atoms with Gasteiger partial charge in [0.15, 0.2) is 11.5 Å². The SMILES string of the molecule is CCOc1cc(CNCCOC)ccc1OC(CC)CC. The van der Waals surface area contributed by atoms with E-state index < -0.39 is 0 Å². The Balaban J connectivity index is 2.71. The second-order valence-electron chi connectivity index (χ2n) is 4.94. The highest BCUT2D eigenvalue weighted by Crippen LogP contribution is 2.30. The van der Waals surface area contributed by atoms with Crippen molar-refractivity contribution >= 4 is 0 Å². The molecule has 0 atom stereocenters. The maximum Gasteiger partial charge on any atom is 0.161 e. The molecule has 1 rings (SSSR count). The summed E-state index contributed by atoms with van der Waals surface area (Å²) in [5.74, 6) is 1.67. The zero-order valence-corrected chi connectivity index (χ0v) is 13.8. The van der Waals surface area contributed by atoms with E-state index in [1.54, 1.807) is 7.11 Å². The number of methoxy groups -OCH3 is 1. The molecule has 0 aliphatic rings. The zero-order chi connectivity index (χ0) is 15.5. The summed E-state index contributed by atoms with van der Waals surface area (Å²) in [6.45, 7) is 9.27. The minimum atomic E-state index is 0.245. The van der Waals surface area contributed by atoms with Gasteiger partial charge in [0, 0.05) is 20.2 Å². The Bertz CT molecular complexity index is 392. The molecule has 0 amide bonds. The Morgan fingerprint density at radius 3 is 2.48 bits per heavy atom. The van der Waals surface area contributed by atoms with Crippen molar-refractivity contribution in [3.63, 3.8) is 0 Å². The Hall–Kier alpha value is -1.26. The van der Waals surface area contributed by atoms with Crippen molar-refractivity contribution in [2.24, 2.45) is 0 Å². The lowest BCUT2D eigenvalue weighted by molar-refractivity contribution is 0.181. The van der Waals surface area contributed by atoms with Crippen LogP contribution in [0.5, 0.6) is 11.5 Å². The van der Waals surface area contributed by atoms with Gasteiger partial charge in [-0.1, -0.05) is 19.9 Å². The molecule has 0 heterocycles. The van der Waals surface area contributed by atoms with Gasteiger partial charge in [0.05, 0.1) is 19.3 Å². The largest absolute Gasteiger partial charge is 0.490 e. The van der Waals surface area contributed by atoms with Crippen LogP contribution in [-0.2, 0) is 11.3 Å². The maximum atomic E-state index is 6.03. The van der Waals surface area contributed by atoms with E-state index >= 15 is 0 Å². The van der Waals surface area contributed by atoms with Gasteiger partial charge in [-0.05, 0) is 37.5 Å². The van der Waals surface area contributed by atoms with Gasteiger partial charge in [0.2, 0.25) is 0 Å². The standard InChI is InChI=1S/C17H29NO3/c1-5-15(6-2)21-16-9-8-14(12-17(16)20-7-3)13-18-10-11-19-4/h8-9,12,15,18H,5-7,10-11,13H2,1-4H3. The smallest absolute Gasteiger partial charge is 0.161 e. The third-order valence-corrected chi connectivity index (χ3v) is 3.32. The summed E-state index contributed by atoms with van der Waals surface area (Å²) in [6.07, 6.45) is 2.25.